The van der Waals surface area contributed by atoms with Crippen LogP contribution in [0.25, 0.3) is 21.5 Å². The SMILES string of the molecule is CO[C@@H](Cc1ccc(OCCc2nc(-c3cc(C)cc(C)c3)oc2C)c2ccsc12)C(=O)O. The zero-order valence-electron chi connectivity index (χ0n) is 19.2. The van der Waals surface area contributed by atoms with E-state index in [0.717, 1.165) is 38.4 Å². The summed E-state index contributed by atoms with van der Waals surface area (Å²) < 4.78 is 18.2. The molecule has 0 spiro atoms. The molecule has 172 valence electrons. The van der Waals surface area contributed by atoms with E-state index in [0.29, 0.717) is 25.3 Å². The van der Waals surface area contributed by atoms with Crippen LogP contribution in [0, 0.1) is 20.8 Å². The average Bonchev–Trinajstić information content (AvgIpc) is 3.39. The number of aromatic nitrogens is 1. The lowest BCUT2D eigenvalue weighted by molar-refractivity contribution is -0.148. The number of fused-ring (bicyclic) bond motifs is 1. The molecule has 4 aromatic rings. The van der Waals surface area contributed by atoms with Crippen LogP contribution in [0.1, 0.15) is 28.1 Å². The molecule has 6 nitrogen and oxygen atoms in total. The van der Waals surface area contributed by atoms with Crippen LogP contribution in [-0.2, 0) is 22.4 Å². The van der Waals surface area contributed by atoms with Gasteiger partial charge in [0.25, 0.3) is 0 Å². The standard InChI is InChI=1S/C26H27NO5S/c1-15-11-16(2)13-19(12-15)25-27-21(17(3)32-25)7-9-31-22-6-5-18(14-23(30-4)26(28)29)24-20(22)8-10-33-24/h5-6,8,10-13,23H,7,9,14H2,1-4H3,(H,28,29)/t23-/m0/s1. The van der Waals surface area contributed by atoms with Gasteiger partial charge >= 0.3 is 5.97 Å². The van der Waals surface area contributed by atoms with Crippen molar-refractivity contribution in [3.63, 3.8) is 0 Å². The molecule has 0 radical (unpaired) electrons. The number of aryl methyl sites for hydroxylation is 3. The van der Waals surface area contributed by atoms with Gasteiger partial charge in [0.05, 0.1) is 12.3 Å². The van der Waals surface area contributed by atoms with Crippen molar-refractivity contribution in [2.75, 3.05) is 13.7 Å². The lowest BCUT2D eigenvalue weighted by Crippen LogP contribution is -2.24. The largest absolute Gasteiger partial charge is 0.493 e. The van der Waals surface area contributed by atoms with Gasteiger partial charge < -0.3 is 19.0 Å². The number of aliphatic carboxylic acids is 1. The van der Waals surface area contributed by atoms with E-state index in [9.17, 15) is 9.90 Å². The van der Waals surface area contributed by atoms with Crippen molar-refractivity contribution in [1.82, 2.24) is 4.98 Å². The average molecular weight is 466 g/mol. The summed E-state index contributed by atoms with van der Waals surface area (Å²) in [5, 5.41) is 12.3. The molecule has 33 heavy (non-hydrogen) atoms. The van der Waals surface area contributed by atoms with Crippen LogP contribution in [0.15, 0.2) is 46.2 Å². The van der Waals surface area contributed by atoms with Gasteiger partial charge in [0.2, 0.25) is 5.89 Å². The second-order valence-electron chi connectivity index (χ2n) is 8.15. The molecule has 2 heterocycles. The molecule has 0 aliphatic rings. The van der Waals surface area contributed by atoms with Gasteiger partial charge in [-0.1, -0.05) is 23.3 Å². The normalized spacial score (nSPS) is 12.2. The fourth-order valence-corrected chi connectivity index (χ4v) is 4.93. The Morgan fingerprint density at radius 3 is 2.61 bits per heavy atom. The van der Waals surface area contributed by atoms with Gasteiger partial charge in [-0.05, 0) is 56.0 Å². The number of ether oxygens (including phenoxy) is 2. The first kappa shape index (κ1) is 23.0. The first-order valence-electron chi connectivity index (χ1n) is 10.8. The Morgan fingerprint density at radius 2 is 1.91 bits per heavy atom. The van der Waals surface area contributed by atoms with E-state index in [2.05, 4.69) is 32.0 Å². The molecule has 7 heteroatoms. The number of rotatable bonds is 9. The van der Waals surface area contributed by atoms with Gasteiger partial charge in [0.1, 0.15) is 11.5 Å². The topological polar surface area (TPSA) is 81.8 Å². The molecule has 0 saturated heterocycles. The van der Waals surface area contributed by atoms with E-state index < -0.39 is 12.1 Å². The van der Waals surface area contributed by atoms with Gasteiger partial charge in [-0.2, -0.15) is 0 Å². The van der Waals surface area contributed by atoms with Gasteiger partial charge in [0.15, 0.2) is 6.10 Å². The molecule has 0 bridgehead atoms. The number of oxazole rings is 1. The van der Waals surface area contributed by atoms with Crippen molar-refractivity contribution in [1.29, 1.82) is 0 Å². The molecule has 1 atom stereocenters. The lowest BCUT2D eigenvalue weighted by atomic mass is 10.1. The van der Waals surface area contributed by atoms with Crippen LogP contribution in [-0.4, -0.2) is 35.9 Å². The Bertz CT molecular complexity index is 1270. The number of hydrogen-bond donors (Lipinski definition) is 1. The molecule has 1 N–H and O–H groups in total. The van der Waals surface area contributed by atoms with E-state index in [4.69, 9.17) is 18.9 Å². The maximum absolute atomic E-state index is 11.3. The van der Waals surface area contributed by atoms with Crippen LogP contribution < -0.4 is 4.74 Å². The maximum atomic E-state index is 11.3. The summed E-state index contributed by atoms with van der Waals surface area (Å²) in [5.74, 6) is 1.23. The summed E-state index contributed by atoms with van der Waals surface area (Å²) in [6.45, 7) is 6.51. The molecule has 0 fully saturated rings. The highest BCUT2D eigenvalue weighted by Crippen LogP contribution is 2.34. The van der Waals surface area contributed by atoms with Crippen LogP contribution >= 0.6 is 11.3 Å². The fourth-order valence-electron chi connectivity index (χ4n) is 3.99. The summed E-state index contributed by atoms with van der Waals surface area (Å²) in [6.07, 6.45) is 0.0596. The minimum atomic E-state index is -0.967. The van der Waals surface area contributed by atoms with Crippen LogP contribution in [0.2, 0.25) is 0 Å². The number of thiophene rings is 1. The van der Waals surface area contributed by atoms with E-state index >= 15 is 0 Å². The van der Waals surface area contributed by atoms with Crippen LogP contribution in [0.4, 0.5) is 0 Å². The molecule has 2 aromatic carbocycles. The van der Waals surface area contributed by atoms with Crippen molar-refractivity contribution in [3.8, 4) is 17.2 Å². The first-order chi connectivity index (χ1) is 15.9. The molecule has 0 aliphatic heterocycles. The Kier molecular flexibility index (Phi) is 6.81. The molecule has 0 saturated carbocycles. The van der Waals surface area contributed by atoms with Gasteiger partial charge in [-0.25, -0.2) is 9.78 Å². The highest BCUT2D eigenvalue weighted by molar-refractivity contribution is 7.17. The smallest absolute Gasteiger partial charge is 0.333 e. The Hall–Kier alpha value is -3.16. The number of hydrogen-bond acceptors (Lipinski definition) is 6. The number of carboxylic acid groups (broad SMARTS) is 1. The summed E-state index contributed by atoms with van der Waals surface area (Å²) in [5.41, 5.74) is 5.15. The number of nitrogens with zero attached hydrogens (tertiary/aromatic N) is 1. The summed E-state index contributed by atoms with van der Waals surface area (Å²) in [7, 11) is 1.42. The van der Waals surface area contributed by atoms with Gasteiger partial charge in [0, 0.05) is 35.6 Å². The third-order valence-electron chi connectivity index (χ3n) is 5.58. The quantitative estimate of drug-likeness (QED) is 0.339. The summed E-state index contributed by atoms with van der Waals surface area (Å²) in [4.78, 5) is 16.0. The van der Waals surface area contributed by atoms with Crippen molar-refractivity contribution in [3.05, 3.63) is 69.9 Å². The monoisotopic (exact) mass is 465 g/mol. The molecular weight excluding hydrogens is 438 g/mol. The minimum absolute atomic E-state index is 0.308. The molecule has 2 aromatic heterocycles. The highest BCUT2D eigenvalue weighted by atomic mass is 32.1. The number of methoxy groups -OCH3 is 1. The van der Waals surface area contributed by atoms with Crippen molar-refractivity contribution in [2.24, 2.45) is 0 Å². The van der Waals surface area contributed by atoms with Crippen molar-refractivity contribution >= 4 is 27.4 Å². The predicted molar refractivity (Wildman–Crippen MR) is 129 cm³/mol. The highest BCUT2D eigenvalue weighted by Gasteiger charge is 2.20. The Balaban J connectivity index is 1.47. The Labute approximate surface area is 196 Å². The van der Waals surface area contributed by atoms with Crippen molar-refractivity contribution in [2.45, 2.75) is 39.7 Å². The van der Waals surface area contributed by atoms with E-state index in [1.54, 1.807) is 11.3 Å². The first-order valence-corrected chi connectivity index (χ1v) is 11.7. The molecule has 0 unspecified atom stereocenters. The van der Waals surface area contributed by atoms with E-state index in [1.807, 2.05) is 30.5 Å². The number of carbonyl (C=O) groups is 1. The van der Waals surface area contributed by atoms with E-state index in [1.165, 1.54) is 18.2 Å². The zero-order valence-corrected chi connectivity index (χ0v) is 20.0. The minimum Gasteiger partial charge on any atom is -0.493 e. The number of benzene rings is 2. The summed E-state index contributed by atoms with van der Waals surface area (Å²) in [6, 6.07) is 12.1. The molecule has 4 rings (SSSR count). The third kappa shape index (κ3) is 5.10. The van der Waals surface area contributed by atoms with Crippen LogP contribution in [0.3, 0.4) is 0 Å². The molecule has 0 amide bonds. The van der Waals surface area contributed by atoms with Gasteiger partial charge in [-0.3, -0.25) is 0 Å². The number of carboxylic acids is 1. The van der Waals surface area contributed by atoms with Crippen LogP contribution in [0.5, 0.6) is 5.75 Å². The van der Waals surface area contributed by atoms with Gasteiger partial charge in [-0.15, -0.1) is 11.3 Å². The summed E-state index contributed by atoms with van der Waals surface area (Å²) >= 11 is 1.57. The third-order valence-corrected chi connectivity index (χ3v) is 6.57. The van der Waals surface area contributed by atoms with E-state index in [-0.39, 0.29) is 0 Å². The second-order valence-corrected chi connectivity index (χ2v) is 9.07. The molecule has 0 aliphatic carbocycles. The fraction of sp³-hybridized carbons (Fsp3) is 0.308. The zero-order chi connectivity index (χ0) is 23.5. The van der Waals surface area contributed by atoms with Crippen molar-refractivity contribution < 1.29 is 23.8 Å². The molecular formula is C26H27NO5S. The predicted octanol–water partition coefficient (Wildman–Crippen LogP) is 5.75. The Morgan fingerprint density at radius 1 is 1.15 bits per heavy atom. The lowest BCUT2D eigenvalue weighted by Gasteiger charge is -2.13. The maximum Gasteiger partial charge on any atom is 0.333 e. The second kappa shape index (κ2) is 9.77.